The molecule has 5 heteroatoms. The molecule has 1 fully saturated rings. The Morgan fingerprint density at radius 2 is 2.36 bits per heavy atom. The first-order valence-corrected chi connectivity index (χ1v) is 4.45. The molecule has 3 N–H and O–H groups in total. The van der Waals surface area contributed by atoms with Gasteiger partial charge in [0, 0.05) is 25.9 Å². The molecule has 0 unspecified atom stereocenters. The zero-order valence-electron chi connectivity index (χ0n) is 7.82. The average Bonchev–Trinajstić information content (AvgIpc) is 2.93. The van der Waals surface area contributed by atoms with Crippen molar-refractivity contribution in [1.82, 2.24) is 5.32 Å². The fraction of sp³-hybridized carbons (Fsp3) is 0.556. The first kappa shape index (κ1) is 10.5. The number of nitrogens with one attached hydrogen (secondary N) is 1. The molecule has 0 radical (unpaired) electrons. The molecule has 1 saturated carbocycles. The van der Waals surface area contributed by atoms with Gasteiger partial charge < -0.3 is 15.8 Å². The summed E-state index contributed by atoms with van der Waals surface area (Å²) in [5, 5.41) is 11.1. The summed E-state index contributed by atoms with van der Waals surface area (Å²) in [5.74, 6) is 0. The summed E-state index contributed by atoms with van der Waals surface area (Å²) in [6.07, 6.45) is 4.18. The van der Waals surface area contributed by atoms with E-state index in [9.17, 15) is 4.79 Å². The highest BCUT2D eigenvalue weighted by Crippen LogP contribution is 2.38. The molecular weight excluding hydrogens is 182 g/mol. The van der Waals surface area contributed by atoms with Crippen molar-refractivity contribution in [2.75, 3.05) is 13.1 Å². The molecule has 1 amide bonds. The Labute approximate surface area is 82.5 Å². The topological polar surface area (TPSA) is 88.1 Å². The third-order valence-corrected chi connectivity index (χ3v) is 1.86. The van der Waals surface area contributed by atoms with Gasteiger partial charge in [-0.1, -0.05) is 12.2 Å². The lowest BCUT2D eigenvalue weighted by molar-refractivity contribution is 0.112. The number of nitrogens with zero attached hydrogens (tertiary/aromatic N) is 1. The van der Waals surface area contributed by atoms with Crippen molar-refractivity contribution in [2.45, 2.75) is 18.4 Å². The van der Waals surface area contributed by atoms with Gasteiger partial charge in [0.05, 0.1) is 0 Å². The maximum Gasteiger partial charge on any atom is 0.408 e. The lowest BCUT2D eigenvalue weighted by Crippen LogP contribution is -2.29. The van der Waals surface area contributed by atoms with Crippen molar-refractivity contribution in [3.8, 4) is 6.07 Å². The van der Waals surface area contributed by atoms with E-state index in [0.29, 0.717) is 25.9 Å². The van der Waals surface area contributed by atoms with Gasteiger partial charge in [0.2, 0.25) is 0 Å². The SMILES string of the molecule is N#CC1(OC(=O)NCC=CCN)CC1. The number of nitrogens with two attached hydrogens (primary N) is 1. The molecule has 0 saturated heterocycles. The summed E-state index contributed by atoms with van der Waals surface area (Å²) < 4.78 is 4.90. The lowest BCUT2D eigenvalue weighted by atomic mass is 10.4. The van der Waals surface area contributed by atoms with Crippen LogP contribution in [-0.2, 0) is 4.74 Å². The van der Waals surface area contributed by atoms with Crippen molar-refractivity contribution < 1.29 is 9.53 Å². The molecule has 1 aliphatic carbocycles. The number of hydrogen-bond donors (Lipinski definition) is 2. The average molecular weight is 195 g/mol. The third kappa shape index (κ3) is 3.07. The second-order valence-electron chi connectivity index (χ2n) is 3.08. The molecule has 1 aliphatic rings. The minimum Gasteiger partial charge on any atom is -0.427 e. The van der Waals surface area contributed by atoms with Crippen LogP contribution in [0.2, 0.25) is 0 Å². The van der Waals surface area contributed by atoms with E-state index in [1.807, 2.05) is 6.07 Å². The highest BCUT2D eigenvalue weighted by molar-refractivity contribution is 5.68. The summed E-state index contributed by atoms with van der Waals surface area (Å²) >= 11 is 0. The predicted octanol–water partition coefficient (Wildman–Crippen LogP) is 0.284. The van der Waals surface area contributed by atoms with Crippen LogP contribution in [0.5, 0.6) is 0 Å². The van der Waals surface area contributed by atoms with E-state index >= 15 is 0 Å². The van der Waals surface area contributed by atoms with Gasteiger partial charge in [-0.05, 0) is 0 Å². The molecule has 5 nitrogen and oxygen atoms in total. The van der Waals surface area contributed by atoms with Gasteiger partial charge in [-0.3, -0.25) is 0 Å². The highest BCUT2D eigenvalue weighted by Gasteiger charge is 2.47. The van der Waals surface area contributed by atoms with Crippen LogP contribution in [0.4, 0.5) is 4.79 Å². The van der Waals surface area contributed by atoms with Gasteiger partial charge in [-0.25, -0.2) is 4.79 Å². The number of hydrogen-bond acceptors (Lipinski definition) is 4. The van der Waals surface area contributed by atoms with Crippen molar-refractivity contribution in [3.63, 3.8) is 0 Å². The number of rotatable bonds is 4. The summed E-state index contributed by atoms with van der Waals surface area (Å²) in [5.41, 5.74) is 4.36. The number of nitriles is 1. The van der Waals surface area contributed by atoms with Crippen molar-refractivity contribution >= 4 is 6.09 Å². The van der Waals surface area contributed by atoms with Crippen LogP contribution < -0.4 is 11.1 Å². The monoisotopic (exact) mass is 195 g/mol. The molecule has 0 bridgehead atoms. The molecule has 0 heterocycles. The molecular formula is C9H13N3O2. The molecule has 14 heavy (non-hydrogen) atoms. The zero-order valence-corrected chi connectivity index (χ0v) is 7.82. The fourth-order valence-corrected chi connectivity index (χ4v) is 0.886. The largest absolute Gasteiger partial charge is 0.427 e. The van der Waals surface area contributed by atoms with Crippen LogP contribution >= 0.6 is 0 Å². The number of carbonyl (C=O) groups excluding carboxylic acids is 1. The predicted molar refractivity (Wildman–Crippen MR) is 50.3 cm³/mol. The van der Waals surface area contributed by atoms with Crippen LogP contribution in [0.1, 0.15) is 12.8 Å². The van der Waals surface area contributed by atoms with Crippen LogP contribution in [0.3, 0.4) is 0 Å². The number of carbonyl (C=O) groups is 1. The Kier molecular flexibility index (Phi) is 3.48. The standard InChI is InChI=1S/C9H13N3O2/c10-5-1-2-6-12-8(13)14-9(7-11)3-4-9/h1-2H,3-6,10H2,(H,12,13). The summed E-state index contributed by atoms with van der Waals surface area (Å²) in [7, 11) is 0. The van der Waals surface area contributed by atoms with Crippen LogP contribution in [0.15, 0.2) is 12.2 Å². The van der Waals surface area contributed by atoms with Gasteiger partial charge in [-0.2, -0.15) is 5.26 Å². The summed E-state index contributed by atoms with van der Waals surface area (Å²) in [4.78, 5) is 11.1. The molecule has 0 aromatic carbocycles. The second kappa shape index (κ2) is 4.63. The maximum atomic E-state index is 11.1. The Morgan fingerprint density at radius 3 is 2.86 bits per heavy atom. The number of ether oxygens (including phenoxy) is 1. The van der Waals surface area contributed by atoms with Crippen LogP contribution in [0, 0.1) is 11.3 Å². The number of alkyl carbamates (subject to hydrolysis) is 1. The normalized spacial score (nSPS) is 17.4. The Balaban J connectivity index is 2.17. The Morgan fingerprint density at radius 1 is 1.64 bits per heavy atom. The third-order valence-electron chi connectivity index (χ3n) is 1.86. The van der Waals surface area contributed by atoms with E-state index in [1.165, 1.54) is 0 Å². The van der Waals surface area contributed by atoms with Crippen LogP contribution in [0.25, 0.3) is 0 Å². The minimum atomic E-state index is -0.846. The molecule has 0 aromatic heterocycles. The molecule has 0 atom stereocenters. The molecule has 1 rings (SSSR count). The summed E-state index contributed by atoms with van der Waals surface area (Å²) in [6, 6.07) is 1.96. The van der Waals surface area contributed by atoms with Gasteiger partial charge >= 0.3 is 6.09 Å². The zero-order chi connectivity index (χ0) is 10.4. The summed E-state index contributed by atoms with van der Waals surface area (Å²) in [6.45, 7) is 0.816. The lowest BCUT2D eigenvalue weighted by Gasteiger charge is -2.08. The first-order chi connectivity index (χ1) is 6.72. The molecule has 0 aromatic rings. The van der Waals surface area contributed by atoms with Crippen molar-refractivity contribution in [3.05, 3.63) is 12.2 Å². The van der Waals surface area contributed by atoms with Gasteiger partial charge in [0.15, 0.2) is 5.60 Å². The highest BCUT2D eigenvalue weighted by atomic mass is 16.6. The van der Waals surface area contributed by atoms with Gasteiger partial charge in [-0.15, -0.1) is 0 Å². The Bertz CT molecular complexity index is 276. The second-order valence-corrected chi connectivity index (χ2v) is 3.08. The van der Waals surface area contributed by atoms with Gasteiger partial charge in [0.1, 0.15) is 6.07 Å². The van der Waals surface area contributed by atoms with Crippen molar-refractivity contribution in [1.29, 1.82) is 5.26 Å². The molecule has 0 aliphatic heterocycles. The van der Waals surface area contributed by atoms with E-state index < -0.39 is 11.7 Å². The first-order valence-electron chi connectivity index (χ1n) is 4.45. The van der Waals surface area contributed by atoms with Gasteiger partial charge in [0.25, 0.3) is 0 Å². The van der Waals surface area contributed by atoms with E-state index in [0.717, 1.165) is 0 Å². The fourth-order valence-electron chi connectivity index (χ4n) is 0.886. The van der Waals surface area contributed by atoms with E-state index in [-0.39, 0.29) is 0 Å². The molecule has 76 valence electrons. The smallest absolute Gasteiger partial charge is 0.408 e. The molecule has 0 spiro atoms. The minimum absolute atomic E-state index is 0.373. The van der Waals surface area contributed by atoms with E-state index in [1.54, 1.807) is 12.2 Å². The number of amides is 1. The van der Waals surface area contributed by atoms with E-state index in [4.69, 9.17) is 15.7 Å². The Hall–Kier alpha value is -1.54. The quantitative estimate of drug-likeness (QED) is 0.631. The van der Waals surface area contributed by atoms with E-state index in [2.05, 4.69) is 5.32 Å². The van der Waals surface area contributed by atoms with Crippen LogP contribution in [-0.4, -0.2) is 24.8 Å². The maximum absolute atomic E-state index is 11.1. The van der Waals surface area contributed by atoms with Crippen molar-refractivity contribution in [2.24, 2.45) is 5.73 Å².